The summed E-state index contributed by atoms with van der Waals surface area (Å²) in [5, 5.41) is 6.46. The Kier molecular flexibility index (Phi) is 3.05. The van der Waals surface area contributed by atoms with Crippen molar-refractivity contribution in [1.82, 2.24) is 15.3 Å². The van der Waals surface area contributed by atoms with Gasteiger partial charge in [0.1, 0.15) is 0 Å². The highest BCUT2D eigenvalue weighted by Gasteiger charge is 2.19. The normalized spacial score (nSPS) is 13.2. The summed E-state index contributed by atoms with van der Waals surface area (Å²) in [6.07, 6.45) is 0. The first-order valence-corrected chi connectivity index (χ1v) is 6.24. The van der Waals surface area contributed by atoms with Crippen molar-refractivity contribution in [3.8, 4) is 5.88 Å². The van der Waals surface area contributed by atoms with E-state index >= 15 is 0 Å². The van der Waals surface area contributed by atoms with Gasteiger partial charge in [0, 0.05) is 18.8 Å². The number of aryl methyl sites for hydroxylation is 1. The highest BCUT2D eigenvalue weighted by molar-refractivity contribution is 5.55. The fourth-order valence-electron chi connectivity index (χ4n) is 2.13. The van der Waals surface area contributed by atoms with E-state index in [0.29, 0.717) is 11.8 Å². The Morgan fingerprint density at radius 2 is 1.95 bits per heavy atom. The van der Waals surface area contributed by atoms with Crippen LogP contribution in [0.5, 0.6) is 5.88 Å². The zero-order chi connectivity index (χ0) is 13.2. The van der Waals surface area contributed by atoms with Crippen LogP contribution >= 0.6 is 0 Å². The molecule has 0 fully saturated rings. The number of aromatic nitrogens is 2. The molecule has 0 atom stereocenters. The van der Waals surface area contributed by atoms with E-state index in [1.165, 1.54) is 5.56 Å². The number of anilines is 2. The largest absolute Gasteiger partial charge is 0.481 e. The van der Waals surface area contributed by atoms with E-state index in [1.54, 1.807) is 7.11 Å². The molecular formula is C14H16N4O. The Hall–Kier alpha value is -2.14. The predicted octanol–water partition coefficient (Wildman–Crippen LogP) is 2.14. The van der Waals surface area contributed by atoms with Crippen molar-refractivity contribution in [1.29, 1.82) is 0 Å². The highest BCUT2D eigenvalue weighted by atomic mass is 16.5. The van der Waals surface area contributed by atoms with Gasteiger partial charge in [-0.2, -0.15) is 4.98 Å². The fraction of sp³-hybridized carbons (Fsp3) is 0.286. The minimum absolute atomic E-state index is 0.572. The number of rotatable bonds is 3. The second-order valence-corrected chi connectivity index (χ2v) is 4.58. The minimum Gasteiger partial charge on any atom is -0.481 e. The van der Waals surface area contributed by atoms with Gasteiger partial charge in [-0.25, -0.2) is 4.98 Å². The summed E-state index contributed by atoms with van der Waals surface area (Å²) in [6.45, 7) is 3.59. The zero-order valence-corrected chi connectivity index (χ0v) is 11.0. The van der Waals surface area contributed by atoms with Gasteiger partial charge < -0.3 is 15.4 Å². The molecule has 19 heavy (non-hydrogen) atoms. The number of hydrogen-bond acceptors (Lipinski definition) is 5. The number of ether oxygens (including phenoxy) is 1. The molecule has 0 aliphatic carbocycles. The van der Waals surface area contributed by atoms with E-state index in [9.17, 15) is 0 Å². The van der Waals surface area contributed by atoms with Gasteiger partial charge in [0.25, 0.3) is 0 Å². The van der Waals surface area contributed by atoms with Crippen molar-refractivity contribution in [2.45, 2.75) is 20.0 Å². The van der Waals surface area contributed by atoms with Crippen molar-refractivity contribution in [3.05, 3.63) is 41.1 Å². The van der Waals surface area contributed by atoms with E-state index in [2.05, 4.69) is 39.7 Å². The highest BCUT2D eigenvalue weighted by Crippen LogP contribution is 2.25. The van der Waals surface area contributed by atoms with Crippen LogP contribution in [0.4, 0.5) is 11.6 Å². The van der Waals surface area contributed by atoms with E-state index in [-0.39, 0.29) is 0 Å². The molecular weight excluding hydrogens is 240 g/mol. The van der Waals surface area contributed by atoms with E-state index < -0.39 is 0 Å². The van der Waals surface area contributed by atoms with Crippen LogP contribution in [0.1, 0.15) is 16.8 Å². The van der Waals surface area contributed by atoms with Gasteiger partial charge in [0.15, 0.2) is 0 Å². The maximum Gasteiger partial charge on any atom is 0.230 e. The average molecular weight is 256 g/mol. The number of fused-ring (bicyclic) bond motifs is 1. The van der Waals surface area contributed by atoms with Crippen LogP contribution in [0.15, 0.2) is 24.3 Å². The quantitative estimate of drug-likeness (QED) is 0.881. The van der Waals surface area contributed by atoms with Crippen LogP contribution in [0.2, 0.25) is 0 Å². The fourth-order valence-corrected chi connectivity index (χ4v) is 2.13. The smallest absolute Gasteiger partial charge is 0.230 e. The molecule has 2 heterocycles. The Labute approximate surface area is 112 Å². The lowest BCUT2D eigenvalue weighted by atomic mass is 10.2. The molecule has 0 bridgehead atoms. The Balaban J connectivity index is 1.91. The molecule has 98 valence electrons. The van der Waals surface area contributed by atoms with Gasteiger partial charge in [0.2, 0.25) is 11.8 Å². The first kappa shape index (κ1) is 11.9. The Morgan fingerprint density at radius 3 is 2.68 bits per heavy atom. The molecule has 0 radical (unpaired) electrons. The molecule has 1 aliphatic rings. The third-order valence-corrected chi connectivity index (χ3v) is 3.15. The van der Waals surface area contributed by atoms with E-state index in [0.717, 1.165) is 30.0 Å². The third-order valence-electron chi connectivity index (χ3n) is 3.15. The molecule has 5 nitrogen and oxygen atoms in total. The van der Waals surface area contributed by atoms with Crippen molar-refractivity contribution in [2.24, 2.45) is 0 Å². The molecule has 0 unspecified atom stereocenters. The van der Waals surface area contributed by atoms with Gasteiger partial charge in [-0.15, -0.1) is 0 Å². The molecule has 0 amide bonds. The van der Waals surface area contributed by atoms with Crippen LogP contribution in [0.25, 0.3) is 0 Å². The summed E-state index contributed by atoms with van der Waals surface area (Å²) in [6, 6.07) is 8.12. The molecule has 3 rings (SSSR count). The molecule has 1 aliphatic heterocycles. The van der Waals surface area contributed by atoms with Crippen LogP contribution in [-0.4, -0.2) is 17.1 Å². The molecule has 0 saturated heterocycles. The number of nitrogens with one attached hydrogen (secondary N) is 2. The predicted molar refractivity (Wildman–Crippen MR) is 73.6 cm³/mol. The van der Waals surface area contributed by atoms with Crippen molar-refractivity contribution >= 4 is 11.6 Å². The summed E-state index contributed by atoms with van der Waals surface area (Å²) >= 11 is 0. The molecule has 1 aromatic carbocycles. The average Bonchev–Trinajstić information content (AvgIpc) is 2.89. The van der Waals surface area contributed by atoms with Crippen molar-refractivity contribution in [2.75, 3.05) is 12.4 Å². The Bertz CT molecular complexity index is 595. The summed E-state index contributed by atoms with van der Waals surface area (Å²) in [4.78, 5) is 8.91. The summed E-state index contributed by atoms with van der Waals surface area (Å²) in [5.41, 5.74) is 4.25. The van der Waals surface area contributed by atoms with Gasteiger partial charge in [-0.3, -0.25) is 0 Å². The van der Waals surface area contributed by atoms with Crippen LogP contribution in [0, 0.1) is 6.92 Å². The number of hydrogen-bond donors (Lipinski definition) is 2. The van der Waals surface area contributed by atoms with Gasteiger partial charge >= 0.3 is 0 Å². The number of methoxy groups -OCH3 is 1. The van der Waals surface area contributed by atoms with Crippen molar-refractivity contribution in [3.63, 3.8) is 0 Å². The molecule has 0 saturated carbocycles. The van der Waals surface area contributed by atoms with Gasteiger partial charge in [0.05, 0.1) is 18.4 Å². The molecule has 2 aromatic rings. The summed E-state index contributed by atoms with van der Waals surface area (Å²) in [5.74, 6) is 1.22. The van der Waals surface area contributed by atoms with E-state index in [1.807, 2.05) is 12.1 Å². The molecule has 5 heteroatoms. The summed E-state index contributed by atoms with van der Waals surface area (Å²) < 4.78 is 5.32. The maximum atomic E-state index is 5.32. The van der Waals surface area contributed by atoms with Crippen LogP contribution in [-0.2, 0) is 13.1 Å². The lowest BCUT2D eigenvalue weighted by Gasteiger charge is -2.09. The lowest BCUT2D eigenvalue weighted by Crippen LogP contribution is -2.03. The number of benzene rings is 1. The molecule has 1 aromatic heterocycles. The first-order chi connectivity index (χ1) is 9.26. The third kappa shape index (κ3) is 2.37. The molecule has 0 spiro atoms. The van der Waals surface area contributed by atoms with Crippen LogP contribution < -0.4 is 15.4 Å². The second-order valence-electron chi connectivity index (χ2n) is 4.58. The monoisotopic (exact) mass is 256 g/mol. The van der Waals surface area contributed by atoms with Crippen LogP contribution in [0.3, 0.4) is 0 Å². The maximum absolute atomic E-state index is 5.32. The zero-order valence-electron chi connectivity index (χ0n) is 11.0. The standard InChI is InChI=1S/C14H16N4O/c1-9-3-5-10(6-4-9)16-14-17-12-8-15-7-11(12)13(18-14)19-2/h3-6,15H,7-8H2,1-2H3,(H,16,17,18). The van der Waals surface area contributed by atoms with Crippen molar-refractivity contribution < 1.29 is 4.74 Å². The van der Waals surface area contributed by atoms with Gasteiger partial charge in [-0.1, -0.05) is 17.7 Å². The summed E-state index contributed by atoms with van der Waals surface area (Å²) in [7, 11) is 1.64. The van der Waals surface area contributed by atoms with Gasteiger partial charge in [-0.05, 0) is 19.1 Å². The first-order valence-electron chi connectivity index (χ1n) is 6.24. The lowest BCUT2D eigenvalue weighted by molar-refractivity contribution is 0.392. The number of nitrogens with zero attached hydrogens (tertiary/aromatic N) is 2. The molecule has 2 N–H and O–H groups in total. The van der Waals surface area contributed by atoms with E-state index in [4.69, 9.17) is 4.74 Å². The minimum atomic E-state index is 0.572. The Morgan fingerprint density at radius 1 is 1.16 bits per heavy atom. The SMILES string of the molecule is COc1nc(Nc2ccc(C)cc2)nc2c1CNC2. The second kappa shape index (κ2) is 4.85. The topological polar surface area (TPSA) is 59.1 Å².